The fourth-order valence-electron chi connectivity index (χ4n) is 4.24. The summed E-state index contributed by atoms with van der Waals surface area (Å²) in [6.07, 6.45) is -0.350. The van der Waals surface area contributed by atoms with Crippen molar-refractivity contribution >= 4 is 6.09 Å². The molecule has 0 aromatic heterocycles. The Morgan fingerprint density at radius 2 is 2.26 bits per heavy atom. The van der Waals surface area contributed by atoms with Gasteiger partial charge in [0.25, 0.3) is 0 Å². The van der Waals surface area contributed by atoms with Gasteiger partial charge in [-0.2, -0.15) is 0 Å². The minimum Gasteiger partial charge on any atom is -0.450 e. The molecule has 3 aliphatic rings. The molecule has 0 bridgehead atoms. The van der Waals surface area contributed by atoms with E-state index in [4.69, 9.17) is 9.47 Å². The third kappa shape index (κ3) is 2.35. The fourth-order valence-corrected chi connectivity index (χ4v) is 4.24. The molecule has 5 heteroatoms. The van der Waals surface area contributed by atoms with Gasteiger partial charge in [-0.1, -0.05) is 30.3 Å². The lowest BCUT2D eigenvalue weighted by molar-refractivity contribution is 0.147. The first kappa shape index (κ1) is 14.7. The maximum Gasteiger partial charge on any atom is 0.411 e. The number of likely N-dealkylation sites (tertiary alicyclic amines) is 1. The maximum absolute atomic E-state index is 11.8. The van der Waals surface area contributed by atoms with E-state index < -0.39 is 0 Å². The third-order valence-corrected chi connectivity index (χ3v) is 5.23. The van der Waals surface area contributed by atoms with Crippen molar-refractivity contribution in [2.24, 2.45) is 11.3 Å². The Balaban J connectivity index is 1.51. The van der Waals surface area contributed by atoms with Gasteiger partial charge in [0.2, 0.25) is 0 Å². The first-order valence-corrected chi connectivity index (χ1v) is 8.24. The molecule has 23 heavy (non-hydrogen) atoms. The van der Waals surface area contributed by atoms with Crippen LogP contribution in [0.4, 0.5) is 4.79 Å². The fraction of sp³-hybridized carbons (Fsp3) is 0.500. The highest BCUT2D eigenvalue weighted by Gasteiger charge is 2.61. The van der Waals surface area contributed by atoms with E-state index in [1.54, 1.807) is 0 Å². The predicted octanol–water partition coefficient (Wildman–Crippen LogP) is 2.15. The lowest BCUT2D eigenvalue weighted by Gasteiger charge is -2.42. The van der Waals surface area contributed by atoms with E-state index in [9.17, 15) is 4.79 Å². The molecule has 2 fully saturated rings. The average Bonchev–Trinajstić information content (AvgIpc) is 3.06. The molecule has 1 aromatic carbocycles. The molecule has 2 aliphatic heterocycles. The van der Waals surface area contributed by atoms with Gasteiger partial charge in [-0.25, -0.2) is 4.79 Å². The summed E-state index contributed by atoms with van der Waals surface area (Å²) in [5.74, 6) is 0.308. The minimum atomic E-state index is -0.350. The Morgan fingerprint density at radius 3 is 3.04 bits per heavy atom. The summed E-state index contributed by atoms with van der Waals surface area (Å²) < 4.78 is 10.8. The van der Waals surface area contributed by atoms with Gasteiger partial charge in [0.15, 0.2) is 0 Å². The summed E-state index contributed by atoms with van der Waals surface area (Å²) in [6.45, 7) is 6.52. The molecule has 1 spiro atoms. The summed E-state index contributed by atoms with van der Waals surface area (Å²) >= 11 is 0. The minimum absolute atomic E-state index is 0.115. The number of hydrogen-bond donors (Lipinski definition) is 1. The van der Waals surface area contributed by atoms with Crippen molar-refractivity contribution < 1.29 is 14.3 Å². The SMILES string of the molecule is CCOC(=O)NC1=C2CN(Cc3ccccc3)CC23COCC13. The van der Waals surface area contributed by atoms with Crippen LogP contribution in [0, 0.1) is 11.3 Å². The molecule has 1 aliphatic carbocycles. The molecular weight excluding hydrogens is 292 g/mol. The van der Waals surface area contributed by atoms with E-state index in [0.717, 1.165) is 31.9 Å². The van der Waals surface area contributed by atoms with Crippen molar-refractivity contribution in [3.63, 3.8) is 0 Å². The van der Waals surface area contributed by atoms with Crippen molar-refractivity contribution in [3.05, 3.63) is 47.2 Å². The first-order chi connectivity index (χ1) is 11.2. The van der Waals surface area contributed by atoms with Crippen LogP contribution in [-0.2, 0) is 16.0 Å². The summed E-state index contributed by atoms with van der Waals surface area (Å²) in [7, 11) is 0. The van der Waals surface area contributed by atoms with E-state index in [1.165, 1.54) is 11.1 Å². The Bertz CT molecular complexity index is 643. The Hall–Kier alpha value is -1.85. The van der Waals surface area contributed by atoms with Crippen LogP contribution in [-0.4, -0.2) is 43.9 Å². The average molecular weight is 314 g/mol. The zero-order chi connectivity index (χ0) is 15.9. The summed E-state index contributed by atoms with van der Waals surface area (Å²) in [5, 5.41) is 2.95. The molecule has 2 unspecified atom stereocenters. The molecule has 2 heterocycles. The van der Waals surface area contributed by atoms with Crippen LogP contribution in [0.1, 0.15) is 12.5 Å². The van der Waals surface area contributed by atoms with E-state index in [1.807, 2.05) is 13.0 Å². The van der Waals surface area contributed by atoms with Gasteiger partial charge in [-0.15, -0.1) is 0 Å². The normalized spacial score (nSPS) is 29.0. The molecule has 1 N–H and O–H groups in total. The highest BCUT2D eigenvalue weighted by atomic mass is 16.5. The van der Waals surface area contributed by atoms with Gasteiger partial charge in [0, 0.05) is 36.7 Å². The van der Waals surface area contributed by atoms with Gasteiger partial charge in [-0.05, 0) is 18.1 Å². The van der Waals surface area contributed by atoms with Crippen LogP contribution in [0.5, 0.6) is 0 Å². The summed E-state index contributed by atoms with van der Waals surface area (Å²) in [6, 6.07) is 10.5. The zero-order valence-corrected chi connectivity index (χ0v) is 13.4. The van der Waals surface area contributed by atoms with Crippen LogP contribution in [0.3, 0.4) is 0 Å². The molecule has 4 rings (SSSR count). The van der Waals surface area contributed by atoms with Crippen LogP contribution >= 0.6 is 0 Å². The second-order valence-corrected chi connectivity index (χ2v) is 6.59. The topological polar surface area (TPSA) is 50.8 Å². The van der Waals surface area contributed by atoms with Crippen molar-refractivity contribution in [2.75, 3.05) is 32.9 Å². The highest BCUT2D eigenvalue weighted by Crippen LogP contribution is 2.58. The van der Waals surface area contributed by atoms with Crippen LogP contribution in [0.25, 0.3) is 0 Å². The number of nitrogens with zero attached hydrogens (tertiary/aromatic N) is 1. The standard InChI is InChI=1S/C18H22N2O3/c1-2-23-17(21)19-16-14-9-20(8-13-6-4-3-5-7-13)11-18(14)12-22-10-15(16)18/h3-7,15H,2,8-12H2,1H3,(H,19,21). The molecule has 2 saturated heterocycles. The Morgan fingerprint density at radius 1 is 1.43 bits per heavy atom. The number of rotatable bonds is 4. The number of benzene rings is 1. The molecule has 5 nitrogen and oxygen atoms in total. The quantitative estimate of drug-likeness (QED) is 0.925. The largest absolute Gasteiger partial charge is 0.450 e. The molecular formula is C18H22N2O3. The molecule has 2 atom stereocenters. The van der Waals surface area contributed by atoms with E-state index in [0.29, 0.717) is 19.1 Å². The molecule has 122 valence electrons. The lowest BCUT2D eigenvalue weighted by atomic mass is 9.62. The predicted molar refractivity (Wildman–Crippen MR) is 85.6 cm³/mol. The maximum atomic E-state index is 11.8. The number of hydrogen-bond acceptors (Lipinski definition) is 4. The zero-order valence-electron chi connectivity index (χ0n) is 13.4. The van der Waals surface area contributed by atoms with Crippen molar-refractivity contribution in [1.29, 1.82) is 0 Å². The van der Waals surface area contributed by atoms with Crippen molar-refractivity contribution in [1.82, 2.24) is 10.2 Å². The van der Waals surface area contributed by atoms with Gasteiger partial charge in [0.1, 0.15) is 0 Å². The van der Waals surface area contributed by atoms with Crippen molar-refractivity contribution in [2.45, 2.75) is 13.5 Å². The Kier molecular flexibility index (Phi) is 3.62. The monoisotopic (exact) mass is 314 g/mol. The highest BCUT2D eigenvalue weighted by molar-refractivity contribution is 5.71. The van der Waals surface area contributed by atoms with Gasteiger partial charge >= 0.3 is 6.09 Å². The van der Waals surface area contributed by atoms with Crippen LogP contribution in [0.2, 0.25) is 0 Å². The second-order valence-electron chi connectivity index (χ2n) is 6.59. The summed E-state index contributed by atoms with van der Waals surface area (Å²) in [4.78, 5) is 14.2. The van der Waals surface area contributed by atoms with Gasteiger partial charge in [0.05, 0.1) is 19.8 Å². The molecule has 0 radical (unpaired) electrons. The second kappa shape index (κ2) is 5.65. The molecule has 1 amide bonds. The molecule has 1 aromatic rings. The number of carbonyl (C=O) groups excluding carboxylic acids is 1. The Labute approximate surface area is 136 Å². The van der Waals surface area contributed by atoms with E-state index in [-0.39, 0.29) is 11.5 Å². The number of carbonyl (C=O) groups is 1. The smallest absolute Gasteiger partial charge is 0.411 e. The number of ether oxygens (including phenoxy) is 2. The first-order valence-electron chi connectivity index (χ1n) is 8.24. The number of amides is 1. The number of alkyl carbamates (subject to hydrolysis) is 1. The molecule has 0 saturated carbocycles. The van der Waals surface area contributed by atoms with E-state index in [2.05, 4.69) is 34.5 Å². The van der Waals surface area contributed by atoms with Crippen molar-refractivity contribution in [3.8, 4) is 0 Å². The lowest BCUT2D eigenvalue weighted by Crippen LogP contribution is -2.48. The number of nitrogens with one attached hydrogen (secondary N) is 1. The van der Waals surface area contributed by atoms with Crippen LogP contribution < -0.4 is 5.32 Å². The van der Waals surface area contributed by atoms with Gasteiger partial charge < -0.3 is 9.47 Å². The third-order valence-electron chi connectivity index (χ3n) is 5.23. The van der Waals surface area contributed by atoms with Crippen LogP contribution in [0.15, 0.2) is 41.6 Å². The summed E-state index contributed by atoms with van der Waals surface area (Å²) in [5.41, 5.74) is 3.81. The van der Waals surface area contributed by atoms with Gasteiger partial charge in [-0.3, -0.25) is 10.2 Å². The van der Waals surface area contributed by atoms with E-state index >= 15 is 0 Å².